The van der Waals surface area contributed by atoms with E-state index in [0.717, 1.165) is 0 Å². The molecule has 0 aliphatic heterocycles. The van der Waals surface area contributed by atoms with E-state index in [2.05, 4.69) is 35.6 Å². The van der Waals surface area contributed by atoms with E-state index >= 15 is 0 Å². The molecule has 0 saturated heterocycles. The Balaban J connectivity index is 1.75. The van der Waals surface area contributed by atoms with Gasteiger partial charge in [0.05, 0.1) is 5.56 Å². The van der Waals surface area contributed by atoms with Gasteiger partial charge >= 0.3 is 0 Å². The highest BCUT2D eigenvalue weighted by atomic mass is 16.1. The lowest BCUT2D eigenvalue weighted by Crippen LogP contribution is -2.13. The van der Waals surface area contributed by atoms with Crippen molar-refractivity contribution in [2.75, 3.05) is 5.32 Å². The summed E-state index contributed by atoms with van der Waals surface area (Å²) in [6, 6.07) is 3.31. The number of aryl methyl sites for hydroxylation is 1. The molecule has 0 fully saturated rings. The van der Waals surface area contributed by atoms with Crippen molar-refractivity contribution in [1.82, 2.24) is 34.9 Å². The van der Waals surface area contributed by atoms with Gasteiger partial charge in [0.1, 0.15) is 18.5 Å². The van der Waals surface area contributed by atoms with Crippen molar-refractivity contribution in [3.8, 4) is 5.82 Å². The summed E-state index contributed by atoms with van der Waals surface area (Å²) in [4.78, 5) is 23.9. The molecule has 20 heavy (non-hydrogen) atoms. The van der Waals surface area contributed by atoms with Crippen LogP contribution in [-0.4, -0.2) is 40.8 Å². The minimum atomic E-state index is -0.332. The largest absolute Gasteiger partial charge is 0.289 e. The lowest BCUT2D eigenvalue weighted by Gasteiger charge is -2.02. The van der Waals surface area contributed by atoms with E-state index in [4.69, 9.17) is 0 Å². The number of rotatable bonds is 3. The number of aromatic amines is 1. The van der Waals surface area contributed by atoms with Crippen LogP contribution in [0.4, 0.5) is 5.95 Å². The summed E-state index contributed by atoms with van der Waals surface area (Å²) in [7, 11) is 0. The van der Waals surface area contributed by atoms with E-state index in [0.29, 0.717) is 17.2 Å². The van der Waals surface area contributed by atoms with Crippen LogP contribution in [-0.2, 0) is 0 Å². The summed E-state index contributed by atoms with van der Waals surface area (Å²) >= 11 is 0. The fourth-order valence-corrected chi connectivity index (χ4v) is 1.55. The molecule has 9 nitrogen and oxygen atoms in total. The Kier molecular flexibility index (Phi) is 2.92. The van der Waals surface area contributed by atoms with Crippen LogP contribution >= 0.6 is 0 Å². The zero-order valence-electron chi connectivity index (χ0n) is 10.5. The Morgan fingerprint density at radius 1 is 1.40 bits per heavy atom. The summed E-state index contributed by atoms with van der Waals surface area (Å²) in [6.07, 6.45) is 4.39. The predicted molar refractivity (Wildman–Crippen MR) is 68.2 cm³/mol. The van der Waals surface area contributed by atoms with Gasteiger partial charge in [-0.1, -0.05) is 0 Å². The second kappa shape index (κ2) is 4.88. The maximum absolute atomic E-state index is 11.9. The summed E-state index contributed by atoms with van der Waals surface area (Å²) in [6.45, 7) is 1.75. The lowest BCUT2D eigenvalue weighted by molar-refractivity contribution is 0.102. The van der Waals surface area contributed by atoms with E-state index in [-0.39, 0.29) is 11.9 Å². The molecule has 3 rings (SSSR count). The summed E-state index contributed by atoms with van der Waals surface area (Å²) in [5.41, 5.74) is 0.399. The van der Waals surface area contributed by atoms with E-state index in [1.54, 1.807) is 19.1 Å². The van der Waals surface area contributed by atoms with Crippen LogP contribution in [0.2, 0.25) is 0 Å². The SMILES string of the molecule is Cc1nc(NC(=O)c2ccc(-n3cncn3)nc2)n[nH]1. The number of amides is 1. The molecule has 0 saturated carbocycles. The number of nitrogens with zero attached hydrogens (tertiary/aromatic N) is 6. The van der Waals surface area contributed by atoms with Crippen LogP contribution in [0, 0.1) is 6.92 Å². The van der Waals surface area contributed by atoms with Crippen molar-refractivity contribution >= 4 is 11.9 Å². The maximum atomic E-state index is 11.9. The van der Waals surface area contributed by atoms with Gasteiger partial charge in [0.15, 0.2) is 5.82 Å². The zero-order chi connectivity index (χ0) is 13.9. The van der Waals surface area contributed by atoms with Crippen molar-refractivity contribution in [3.63, 3.8) is 0 Å². The molecule has 1 amide bonds. The first-order chi connectivity index (χ1) is 9.72. The second-order valence-electron chi connectivity index (χ2n) is 3.94. The Bertz CT molecular complexity index is 715. The van der Waals surface area contributed by atoms with Gasteiger partial charge in [-0.2, -0.15) is 10.1 Å². The number of hydrogen-bond acceptors (Lipinski definition) is 6. The minimum Gasteiger partial charge on any atom is -0.289 e. The molecule has 3 aromatic heterocycles. The summed E-state index contributed by atoms with van der Waals surface area (Å²) in [5, 5.41) is 13.0. The zero-order valence-corrected chi connectivity index (χ0v) is 10.5. The first-order valence-electron chi connectivity index (χ1n) is 5.74. The molecule has 9 heteroatoms. The van der Waals surface area contributed by atoms with Gasteiger partial charge in [-0.15, -0.1) is 5.10 Å². The van der Waals surface area contributed by atoms with E-state index in [1.807, 2.05) is 0 Å². The van der Waals surface area contributed by atoms with Gasteiger partial charge in [0, 0.05) is 6.20 Å². The number of aromatic nitrogens is 7. The quantitative estimate of drug-likeness (QED) is 0.709. The Morgan fingerprint density at radius 3 is 2.90 bits per heavy atom. The Morgan fingerprint density at radius 2 is 2.30 bits per heavy atom. The van der Waals surface area contributed by atoms with Crippen molar-refractivity contribution in [2.45, 2.75) is 6.92 Å². The standard InChI is InChI=1S/C11H10N8O/c1-7-15-11(18-17-7)16-10(20)8-2-3-9(13-4-8)19-6-12-5-14-19/h2-6H,1H3,(H2,15,16,17,18,20). The summed E-state index contributed by atoms with van der Waals surface area (Å²) < 4.78 is 1.50. The Hall–Kier alpha value is -3.10. The molecule has 0 radical (unpaired) electrons. The third-order valence-corrected chi connectivity index (χ3v) is 2.49. The number of H-pyrrole nitrogens is 1. The average Bonchev–Trinajstić information content (AvgIpc) is 3.11. The molecule has 2 N–H and O–H groups in total. The highest BCUT2D eigenvalue weighted by molar-refractivity contribution is 6.03. The van der Waals surface area contributed by atoms with Crippen LogP contribution < -0.4 is 5.32 Å². The van der Waals surface area contributed by atoms with Crippen LogP contribution in [0.25, 0.3) is 5.82 Å². The first kappa shape index (κ1) is 12.0. The van der Waals surface area contributed by atoms with Gasteiger partial charge in [-0.25, -0.2) is 14.6 Å². The monoisotopic (exact) mass is 270 g/mol. The highest BCUT2D eigenvalue weighted by Gasteiger charge is 2.10. The number of nitrogens with one attached hydrogen (secondary N) is 2. The van der Waals surface area contributed by atoms with Gasteiger partial charge in [-0.3, -0.25) is 15.2 Å². The minimum absolute atomic E-state index is 0.229. The van der Waals surface area contributed by atoms with Gasteiger partial charge in [-0.05, 0) is 19.1 Å². The van der Waals surface area contributed by atoms with E-state index in [1.165, 1.54) is 23.5 Å². The molecule has 0 unspecified atom stereocenters. The van der Waals surface area contributed by atoms with Crippen molar-refractivity contribution in [3.05, 3.63) is 42.4 Å². The van der Waals surface area contributed by atoms with Gasteiger partial charge in [0.2, 0.25) is 5.95 Å². The maximum Gasteiger partial charge on any atom is 0.259 e. The van der Waals surface area contributed by atoms with Crippen LogP contribution in [0.5, 0.6) is 0 Å². The number of carbonyl (C=O) groups excluding carboxylic acids is 1. The topological polar surface area (TPSA) is 114 Å². The van der Waals surface area contributed by atoms with Crippen molar-refractivity contribution in [2.24, 2.45) is 0 Å². The fourth-order valence-electron chi connectivity index (χ4n) is 1.55. The van der Waals surface area contributed by atoms with Crippen LogP contribution in [0.15, 0.2) is 31.0 Å². The van der Waals surface area contributed by atoms with Gasteiger partial charge in [0.25, 0.3) is 5.91 Å². The Labute approximate surface area is 113 Å². The molecule has 0 aromatic carbocycles. The predicted octanol–water partition coefficient (Wildman–Crippen LogP) is 0.341. The molecular formula is C11H10N8O. The number of anilines is 1. The smallest absolute Gasteiger partial charge is 0.259 e. The molecule has 3 heterocycles. The molecule has 0 atom stereocenters. The first-order valence-corrected chi connectivity index (χ1v) is 5.74. The lowest BCUT2D eigenvalue weighted by atomic mass is 10.2. The van der Waals surface area contributed by atoms with Crippen LogP contribution in [0.1, 0.15) is 16.2 Å². The van der Waals surface area contributed by atoms with E-state index < -0.39 is 0 Å². The van der Waals surface area contributed by atoms with Crippen LogP contribution in [0.3, 0.4) is 0 Å². The molecule has 0 bridgehead atoms. The van der Waals surface area contributed by atoms with Gasteiger partial charge < -0.3 is 0 Å². The third kappa shape index (κ3) is 2.36. The highest BCUT2D eigenvalue weighted by Crippen LogP contribution is 2.06. The average molecular weight is 270 g/mol. The molecular weight excluding hydrogens is 260 g/mol. The molecule has 0 aliphatic carbocycles. The normalized spacial score (nSPS) is 10.4. The molecule has 100 valence electrons. The molecule has 3 aromatic rings. The van der Waals surface area contributed by atoms with Crippen molar-refractivity contribution < 1.29 is 4.79 Å². The molecule has 0 spiro atoms. The summed E-state index contributed by atoms with van der Waals surface area (Å²) in [5.74, 6) is 1.10. The second-order valence-corrected chi connectivity index (χ2v) is 3.94. The third-order valence-electron chi connectivity index (χ3n) is 2.49. The number of carbonyl (C=O) groups is 1. The molecule has 0 aliphatic rings. The van der Waals surface area contributed by atoms with E-state index in [9.17, 15) is 4.79 Å². The number of pyridine rings is 1. The fraction of sp³-hybridized carbons (Fsp3) is 0.0909. The number of hydrogen-bond donors (Lipinski definition) is 2. The van der Waals surface area contributed by atoms with Crippen molar-refractivity contribution in [1.29, 1.82) is 0 Å².